The second kappa shape index (κ2) is 6.32. The van der Waals surface area contributed by atoms with Crippen molar-refractivity contribution in [2.24, 2.45) is 0 Å². The monoisotopic (exact) mass is 371 g/mol. The number of rotatable bonds is 4. The molecule has 26 heavy (non-hydrogen) atoms. The highest BCUT2D eigenvalue weighted by Crippen LogP contribution is 2.26. The molecule has 1 aliphatic heterocycles. The van der Waals surface area contributed by atoms with Crippen molar-refractivity contribution in [1.29, 1.82) is 0 Å². The Balaban J connectivity index is 1.56. The molecule has 1 aromatic carbocycles. The fourth-order valence-electron chi connectivity index (χ4n) is 3.35. The van der Waals surface area contributed by atoms with Crippen molar-refractivity contribution in [2.45, 2.75) is 44.6 Å². The molecule has 0 saturated carbocycles. The minimum absolute atomic E-state index is 0.167. The van der Waals surface area contributed by atoms with E-state index in [1.807, 2.05) is 12.1 Å². The Morgan fingerprint density at radius 3 is 2.58 bits per heavy atom. The molecule has 0 unspecified atom stereocenters. The molecule has 0 fully saturated rings. The quantitative estimate of drug-likeness (QED) is 0.755. The van der Waals surface area contributed by atoms with E-state index in [-0.39, 0.29) is 4.90 Å². The number of sulfonamides is 1. The van der Waals surface area contributed by atoms with Gasteiger partial charge in [-0.2, -0.15) is 0 Å². The van der Waals surface area contributed by atoms with Gasteiger partial charge in [0.2, 0.25) is 0 Å². The molecule has 0 aliphatic carbocycles. The molecule has 1 aliphatic rings. The number of imidazole rings is 1. The van der Waals surface area contributed by atoms with E-state index in [9.17, 15) is 8.42 Å². The number of nitrogens with zero attached hydrogens (tertiary/aromatic N) is 2. The molecule has 2 aromatic heterocycles. The fraction of sp³-hybridized carbons (Fsp3) is 0.316. The van der Waals surface area contributed by atoms with Gasteiger partial charge in [0.15, 0.2) is 0 Å². The molecule has 0 amide bonds. The number of furan rings is 1. The third-order valence-corrected chi connectivity index (χ3v) is 6.12. The highest BCUT2D eigenvalue weighted by Gasteiger charge is 2.21. The van der Waals surface area contributed by atoms with Gasteiger partial charge in [-0.25, -0.2) is 13.4 Å². The van der Waals surface area contributed by atoms with E-state index < -0.39 is 10.0 Å². The van der Waals surface area contributed by atoms with Crippen LogP contribution in [-0.2, 0) is 23.0 Å². The molecule has 3 aromatic rings. The van der Waals surface area contributed by atoms with Crippen molar-refractivity contribution < 1.29 is 12.8 Å². The Morgan fingerprint density at radius 2 is 1.92 bits per heavy atom. The van der Waals surface area contributed by atoms with Gasteiger partial charge in [-0.05, 0) is 38.8 Å². The standard InChI is InChI=1S/C19H21N3O3S/c1-13-11-18(14(2)25-13)26(23,24)21-16-8-6-15(7-9-16)17-12-22-10-4-3-5-19(22)20-17/h6-9,11-12,21H,3-5,10H2,1-2H3. The summed E-state index contributed by atoms with van der Waals surface area (Å²) in [5.41, 5.74) is 2.42. The second-order valence-corrected chi connectivity index (χ2v) is 8.30. The molecule has 0 radical (unpaired) electrons. The van der Waals surface area contributed by atoms with Gasteiger partial charge in [0, 0.05) is 36.5 Å². The SMILES string of the molecule is Cc1cc(S(=O)(=O)Nc2ccc(-c3cn4c(n3)CCCC4)cc2)c(C)o1. The minimum Gasteiger partial charge on any atom is -0.465 e. The van der Waals surface area contributed by atoms with Crippen LogP contribution in [0.25, 0.3) is 11.3 Å². The third kappa shape index (κ3) is 3.14. The summed E-state index contributed by atoms with van der Waals surface area (Å²) in [6.07, 6.45) is 5.47. The van der Waals surface area contributed by atoms with E-state index in [4.69, 9.17) is 9.40 Å². The third-order valence-electron chi connectivity index (χ3n) is 4.63. The Kier molecular flexibility index (Phi) is 4.11. The Morgan fingerprint density at radius 1 is 1.15 bits per heavy atom. The van der Waals surface area contributed by atoms with Crippen molar-refractivity contribution in [1.82, 2.24) is 9.55 Å². The maximum Gasteiger partial charge on any atom is 0.265 e. The first-order valence-electron chi connectivity index (χ1n) is 8.69. The molecule has 3 heterocycles. The van der Waals surface area contributed by atoms with Gasteiger partial charge in [0.25, 0.3) is 10.0 Å². The summed E-state index contributed by atoms with van der Waals surface area (Å²) in [7, 11) is -3.67. The van der Waals surface area contributed by atoms with Crippen molar-refractivity contribution in [3.8, 4) is 11.3 Å². The number of hydrogen-bond donors (Lipinski definition) is 1. The molecule has 4 rings (SSSR count). The zero-order valence-electron chi connectivity index (χ0n) is 14.8. The van der Waals surface area contributed by atoms with Crippen molar-refractivity contribution >= 4 is 15.7 Å². The van der Waals surface area contributed by atoms with E-state index in [0.717, 1.165) is 30.0 Å². The molecular weight excluding hydrogens is 350 g/mol. The van der Waals surface area contributed by atoms with Crippen LogP contribution < -0.4 is 4.72 Å². The Bertz CT molecular complexity index is 1020. The average molecular weight is 371 g/mol. The zero-order valence-corrected chi connectivity index (χ0v) is 15.6. The summed E-state index contributed by atoms with van der Waals surface area (Å²) >= 11 is 0. The molecular formula is C19H21N3O3S. The van der Waals surface area contributed by atoms with Crippen LogP contribution in [0.5, 0.6) is 0 Å². The van der Waals surface area contributed by atoms with E-state index in [1.165, 1.54) is 18.9 Å². The van der Waals surface area contributed by atoms with Crippen LogP contribution in [0.15, 0.2) is 45.8 Å². The van der Waals surface area contributed by atoms with E-state index >= 15 is 0 Å². The summed E-state index contributed by atoms with van der Waals surface area (Å²) in [4.78, 5) is 4.87. The number of aromatic nitrogens is 2. The first-order valence-corrected chi connectivity index (χ1v) is 10.2. The molecule has 1 N–H and O–H groups in total. The van der Waals surface area contributed by atoms with Crippen molar-refractivity contribution in [2.75, 3.05) is 4.72 Å². The van der Waals surface area contributed by atoms with Gasteiger partial charge >= 0.3 is 0 Å². The smallest absolute Gasteiger partial charge is 0.265 e. The molecule has 6 nitrogen and oxygen atoms in total. The lowest BCUT2D eigenvalue weighted by molar-refractivity contribution is 0.496. The predicted molar refractivity (Wildman–Crippen MR) is 99.6 cm³/mol. The topological polar surface area (TPSA) is 77.1 Å². The van der Waals surface area contributed by atoms with Gasteiger partial charge in [0.05, 0.1) is 5.69 Å². The Hall–Kier alpha value is -2.54. The maximum atomic E-state index is 12.5. The lowest BCUT2D eigenvalue weighted by atomic mass is 10.1. The molecule has 0 saturated heterocycles. The zero-order chi connectivity index (χ0) is 18.3. The van der Waals surface area contributed by atoms with E-state index in [1.54, 1.807) is 26.0 Å². The van der Waals surface area contributed by atoms with Crippen LogP contribution in [0.2, 0.25) is 0 Å². The van der Waals surface area contributed by atoms with Gasteiger partial charge in [0.1, 0.15) is 22.2 Å². The Labute approximate surface area is 152 Å². The summed E-state index contributed by atoms with van der Waals surface area (Å²) in [5, 5.41) is 0. The van der Waals surface area contributed by atoms with E-state index in [2.05, 4.69) is 15.5 Å². The molecule has 0 bridgehead atoms. The number of fused-ring (bicyclic) bond motifs is 1. The van der Waals surface area contributed by atoms with Crippen LogP contribution in [0.4, 0.5) is 5.69 Å². The summed E-state index contributed by atoms with van der Waals surface area (Å²) in [5.74, 6) is 2.08. The normalized spacial score (nSPS) is 14.2. The van der Waals surface area contributed by atoms with Crippen LogP contribution in [0.3, 0.4) is 0 Å². The lowest BCUT2D eigenvalue weighted by Crippen LogP contribution is -2.13. The molecule has 136 valence electrons. The predicted octanol–water partition coefficient (Wildman–Crippen LogP) is 3.90. The fourth-order valence-corrected chi connectivity index (χ4v) is 4.64. The molecule has 7 heteroatoms. The maximum absolute atomic E-state index is 12.5. The largest absolute Gasteiger partial charge is 0.465 e. The summed E-state index contributed by atoms with van der Waals surface area (Å²) in [6.45, 7) is 4.39. The molecule has 0 atom stereocenters. The molecule has 0 spiro atoms. The minimum atomic E-state index is -3.67. The number of benzene rings is 1. The second-order valence-electron chi connectivity index (χ2n) is 6.65. The van der Waals surface area contributed by atoms with Crippen molar-refractivity contribution in [3.05, 3.63) is 53.9 Å². The summed E-state index contributed by atoms with van der Waals surface area (Å²) in [6, 6.07) is 8.82. The number of hydrogen-bond acceptors (Lipinski definition) is 4. The number of aryl methyl sites for hydroxylation is 4. The highest BCUT2D eigenvalue weighted by atomic mass is 32.2. The van der Waals surface area contributed by atoms with Crippen molar-refractivity contribution in [3.63, 3.8) is 0 Å². The average Bonchev–Trinajstić information content (AvgIpc) is 3.18. The first-order chi connectivity index (χ1) is 12.4. The van der Waals surface area contributed by atoms with Crippen LogP contribution in [0, 0.1) is 13.8 Å². The highest BCUT2D eigenvalue weighted by molar-refractivity contribution is 7.92. The first kappa shape index (κ1) is 16.9. The number of nitrogens with one attached hydrogen (secondary N) is 1. The van der Waals surface area contributed by atoms with Crippen LogP contribution >= 0.6 is 0 Å². The van der Waals surface area contributed by atoms with Gasteiger partial charge in [-0.3, -0.25) is 4.72 Å². The number of anilines is 1. The van der Waals surface area contributed by atoms with Gasteiger partial charge in [-0.15, -0.1) is 0 Å². The summed E-state index contributed by atoms with van der Waals surface area (Å²) < 4.78 is 35.2. The van der Waals surface area contributed by atoms with E-state index in [0.29, 0.717) is 17.2 Å². The van der Waals surface area contributed by atoms with Crippen LogP contribution in [-0.4, -0.2) is 18.0 Å². The van der Waals surface area contributed by atoms with Gasteiger partial charge < -0.3 is 8.98 Å². The van der Waals surface area contributed by atoms with Gasteiger partial charge in [-0.1, -0.05) is 12.1 Å². The van der Waals surface area contributed by atoms with Crippen LogP contribution in [0.1, 0.15) is 30.2 Å². The lowest BCUT2D eigenvalue weighted by Gasteiger charge is -2.11.